The molecule has 3 heterocycles. The molecule has 164 valence electrons. The summed E-state index contributed by atoms with van der Waals surface area (Å²) in [5.41, 5.74) is 8.21. The molecule has 1 unspecified atom stereocenters. The van der Waals surface area contributed by atoms with E-state index in [2.05, 4.69) is 21.2 Å². The Morgan fingerprint density at radius 3 is 2.77 bits per heavy atom. The van der Waals surface area contributed by atoms with Gasteiger partial charge in [0.25, 0.3) is 5.91 Å². The van der Waals surface area contributed by atoms with Crippen LogP contribution in [0.3, 0.4) is 0 Å². The minimum atomic E-state index is -0.283. The van der Waals surface area contributed by atoms with E-state index in [1.165, 1.54) is 12.8 Å². The lowest BCUT2D eigenvalue weighted by Gasteiger charge is -2.19. The molecule has 3 fully saturated rings. The fraction of sp³-hybridized carbons (Fsp3) is 0.478. The van der Waals surface area contributed by atoms with Crippen molar-refractivity contribution in [2.75, 3.05) is 43.6 Å². The maximum atomic E-state index is 13.1. The standard InChI is InChI=1S/C23H29N5O3/c1-30-22-19(16-12-24-25-13-16)7-8-21(27-22)28-10-9-20(23(28)29)26-17-3-2-4-18(11-17)31-14-15-5-6-15/h2-4,7-8,11,15-16,20,24-26H,5-6,9-10,12-14H2,1H3. The van der Waals surface area contributed by atoms with Crippen molar-refractivity contribution in [1.29, 1.82) is 0 Å². The van der Waals surface area contributed by atoms with Crippen LogP contribution in [0.25, 0.3) is 0 Å². The van der Waals surface area contributed by atoms with Gasteiger partial charge in [0.1, 0.15) is 17.6 Å². The summed E-state index contributed by atoms with van der Waals surface area (Å²) in [6.45, 7) is 3.05. The quantitative estimate of drug-likeness (QED) is 0.600. The first-order chi connectivity index (χ1) is 15.2. The third kappa shape index (κ3) is 4.45. The summed E-state index contributed by atoms with van der Waals surface area (Å²) in [7, 11) is 1.62. The lowest BCUT2D eigenvalue weighted by molar-refractivity contribution is -0.117. The normalized spacial score (nSPS) is 21.5. The molecule has 1 amide bonds. The topological polar surface area (TPSA) is 87.8 Å². The summed E-state index contributed by atoms with van der Waals surface area (Å²) >= 11 is 0. The van der Waals surface area contributed by atoms with Crippen molar-refractivity contribution in [3.05, 3.63) is 42.0 Å². The number of nitrogens with one attached hydrogen (secondary N) is 3. The van der Waals surface area contributed by atoms with Gasteiger partial charge in [-0.05, 0) is 49.4 Å². The highest BCUT2D eigenvalue weighted by Crippen LogP contribution is 2.32. The number of hydrazine groups is 1. The average Bonchev–Trinajstić information content (AvgIpc) is 3.33. The lowest BCUT2D eigenvalue weighted by atomic mass is 10.0. The number of hydrogen-bond donors (Lipinski definition) is 3. The molecule has 3 N–H and O–H groups in total. The summed E-state index contributed by atoms with van der Waals surface area (Å²) in [5.74, 6) is 3.09. The number of carbonyl (C=O) groups is 1. The van der Waals surface area contributed by atoms with Crippen LogP contribution in [-0.2, 0) is 4.79 Å². The number of nitrogens with zero attached hydrogens (tertiary/aromatic N) is 2. The highest BCUT2D eigenvalue weighted by atomic mass is 16.5. The summed E-state index contributed by atoms with van der Waals surface area (Å²) in [4.78, 5) is 19.5. The van der Waals surface area contributed by atoms with Gasteiger partial charge in [-0.15, -0.1) is 0 Å². The van der Waals surface area contributed by atoms with Crippen LogP contribution >= 0.6 is 0 Å². The number of ether oxygens (including phenoxy) is 2. The van der Waals surface area contributed by atoms with E-state index in [4.69, 9.17) is 9.47 Å². The SMILES string of the molecule is COc1nc(N2CCC(Nc3cccc(OCC4CC4)c3)C2=O)ccc1C1CNNC1. The Morgan fingerprint density at radius 1 is 1.16 bits per heavy atom. The highest BCUT2D eigenvalue weighted by Gasteiger charge is 2.34. The predicted molar refractivity (Wildman–Crippen MR) is 119 cm³/mol. The van der Waals surface area contributed by atoms with Gasteiger partial charge < -0.3 is 14.8 Å². The lowest BCUT2D eigenvalue weighted by Crippen LogP contribution is -2.34. The number of anilines is 2. The second kappa shape index (κ2) is 8.72. The largest absolute Gasteiger partial charge is 0.493 e. The molecule has 1 saturated carbocycles. The zero-order valence-electron chi connectivity index (χ0n) is 17.8. The van der Waals surface area contributed by atoms with Gasteiger partial charge in [-0.3, -0.25) is 20.5 Å². The van der Waals surface area contributed by atoms with Crippen molar-refractivity contribution >= 4 is 17.4 Å². The molecule has 2 aliphatic heterocycles. The van der Waals surface area contributed by atoms with E-state index in [0.717, 1.165) is 36.7 Å². The molecule has 0 spiro atoms. The summed E-state index contributed by atoms with van der Waals surface area (Å²) < 4.78 is 11.4. The molecule has 2 saturated heterocycles. The fourth-order valence-corrected chi connectivity index (χ4v) is 4.17. The molecule has 8 nitrogen and oxygen atoms in total. The minimum absolute atomic E-state index is 0.0239. The second-order valence-electron chi connectivity index (χ2n) is 8.48. The zero-order valence-corrected chi connectivity index (χ0v) is 17.8. The average molecular weight is 424 g/mol. The van der Waals surface area contributed by atoms with E-state index in [0.29, 0.717) is 36.5 Å². The number of hydrogen-bond acceptors (Lipinski definition) is 7. The summed E-state index contributed by atoms with van der Waals surface area (Å²) in [5, 5.41) is 3.37. The van der Waals surface area contributed by atoms with E-state index >= 15 is 0 Å². The molecular weight excluding hydrogens is 394 g/mol. The summed E-state index contributed by atoms with van der Waals surface area (Å²) in [6.07, 6.45) is 3.24. The molecule has 1 aliphatic carbocycles. The molecule has 31 heavy (non-hydrogen) atoms. The van der Waals surface area contributed by atoms with E-state index < -0.39 is 0 Å². The van der Waals surface area contributed by atoms with Crippen molar-refractivity contribution in [3.8, 4) is 11.6 Å². The van der Waals surface area contributed by atoms with Gasteiger partial charge in [0.15, 0.2) is 0 Å². The zero-order chi connectivity index (χ0) is 21.2. The molecule has 3 aliphatic rings. The van der Waals surface area contributed by atoms with Gasteiger partial charge in [0.05, 0.1) is 13.7 Å². The number of carbonyl (C=O) groups excluding carboxylic acids is 1. The van der Waals surface area contributed by atoms with Crippen LogP contribution in [0.1, 0.15) is 30.7 Å². The Kier molecular flexibility index (Phi) is 5.65. The number of aromatic nitrogens is 1. The van der Waals surface area contributed by atoms with Crippen molar-refractivity contribution < 1.29 is 14.3 Å². The molecule has 5 rings (SSSR count). The van der Waals surface area contributed by atoms with Gasteiger partial charge >= 0.3 is 0 Å². The van der Waals surface area contributed by atoms with Crippen LogP contribution in [0.4, 0.5) is 11.5 Å². The van der Waals surface area contributed by atoms with E-state index in [-0.39, 0.29) is 11.9 Å². The molecule has 1 aromatic heterocycles. The number of benzene rings is 1. The van der Waals surface area contributed by atoms with Gasteiger partial charge in [0, 0.05) is 42.9 Å². The van der Waals surface area contributed by atoms with Gasteiger partial charge in [-0.25, -0.2) is 0 Å². The van der Waals surface area contributed by atoms with E-state index in [9.17, 15) is 4.79 Å². The Balaban J connectivity index is 1.26. The first-order valence-corrected chi connectivity index (χ1v) is 11.0. The van der Waals surface area contributed by atoms with E-state index in [1.54, 1.807) is 12.0 Å². The maximum Gasteiger partial charge on any atom is 0.250 e. The van der Waals surface area contributed by atoms with Crippen molar-refractivity contribution in [2.45, 2.75) is 31.2 Å². The third-order valence-electron chi connectivity index (χ3n) is 6.17. The number of pyridine rings is 1. The van der Waals surface area contributed by atoms with Crippen molar-refractivity contribution in [3.63, 3.8) is 0 Å². The Hall–Kier alpha value is -2.84. The molecule has 0 radical (unpaired) electrons. The molecule has 8 heteroatoms. The maximum absolute atomic E-state index is 13.1. The van der Waals surface area contributed by atoms with Crippen LogP contribution in [0.5, 0.6) is 11.6 Å². The van der Waals surface area contributed by atoms with Crippen molar-refractivity contribution in [1.82, 2.24) is 15.8 Å². The van der Waals surface area contributed by atoms with Gasteiger partial charge in [0.2, 0.25) is 5.88 Å². The number of amides is 1. The van der Waals surface area contributed by atoms with Crippen molar-refractivity contribution in [2.24, 2.45) is 5.92 Å². The Bertz CT molecular complexity index is 943. The first-order valence-electron chi connectivity index (χ1n) is 11.0. The summed E-state index contributed by atoms with van der Waals surface area (Å²) in [6, 6.07) is 11.5. The molecule has 0 bridgehead atoms. The van der Waals surface area contributed by atoms with Crippen LogP contribution in [-0.4, -0.2) is 50.3 Å². The van der Waals surface area contributed by atoms with Crippen LogP contribution < -0.4 is 30.5 Å². The van der Waals surface area contributed by atoms with Gasteiger partial charge in [-0.2, -0.15) is 4.98 Å². The molecule has 1 aromatic carbocycles. The monoisotopic (exact) mass is 423 g/mol. The number of rotatable bonds is 8. The minimum Gasteiger partial charge on any atom is -0.493 e. The highest BCUT2D eigenvalue weighted by molar-refractivity contribution is 6.00. The van der Waals surface area contributed by atoms with Crippen LogP contribution in [0.15, 0.2) is 36.4 Å². The predicted octanol–water partition coefficient (Wildman–Crippen LogP) is 2.29. The molecule has 1 atom stereocenters. The van der Waals surface area contributed by atoms with Crippen LogP contribution in [0, 0.1) is 5.92 Å². The first kappa shape index (κ1) is 20.1. The van der Waals surface area contributed by atoms with Crippen LogP contribution in [0.2, 0.25) is 0 Å². The second-order valence-corrected chi connectivity index (χ2v) is 8.48. The molecule has 2 aromatic rings. The smallest absolute Gasteiger partial charge is 0.250 e. The van der Waals surface area contributed by atoms with Gasteiger partial charge in [-0.1, -0.05) is 6.07 Å². The third-order valence-corrected chi connectivity index (χ3v) is 6.17. The van der Waals surface area contributed by atoms with E-state index in [1.807, 2.05) is 36.4 Å². The Morgan fingerprint density at radius 2 is 2.00 bits per heavy atom. The number of methoxy groups -OCH3 is 1. The Labute approximate surface area is 182 Å². The molecular formula is C23H29N5O3. The fourth-order valence-electron chi connectivity index (χ4n) is 4.17.